The zero-order valence-electron chi connectivity index (χ0n) is 9.84. The molecule has 3 heteroatoms. The second-order valence-electron chi connectivity index (χ2n) is 4.40. The third kappa shape index (κ3) is 6.88. The normalized spacial score (nSPS) is 21.8. The first-order valence-corrected chi connectivity index (χ1v) is 6.46. The van der Waals surface area contributed by atoms with Crippen molar-refractivity contribution in [1.29, 1.82) is 0 Å². The zero-order valence-corrected chi connectivity index (χ0v) is 9.84. The number of unbranched alkanes of at least 4 members (excludes halogenated alkanes) is 3. The minimum atomic E-state index is 0.475. The Morgan fingerprint density at radius 3 is 2.73 bits per heavy atom. The first kappa shape index (κ1) is 12.9. The molecular formula is C12H26N2O. The number of nitrogens with one attached hydrogen (secondary N) is 1. The fourth-order valence-corrected chi connectivity index (χ4v) is 1.98. The molecular weight excluding hydrogens is 188 g/mol. The molecule has 1 heterocycles. The van der Waals surface area contributed by atoms with Gasteiger partial charge in [-0.15, -0.1) is 0 Å². The maximum atomic E-state index is 5.64. The van der Waals surface area contributed by atoms with Gasteiger partial charge in [-0.2, -0.15) is 0 Å². The lowest BCUT2D eigenvalue weighted by molar-refractivity contribution is 0.0170. The number of ether oxygens (including phenoxy) is 1. The van der Waals surface area contributed by atoms with Crippen molar-refractivity contribution in [1.82, 2.24) is 5.32 Å². The Labute approximate surface area is 93.8 Å². The summed E-state index contributed by atoms with van der Waals surface area (Å²) in [5.74, 6) is 0. The minimum absolute atomic E-state index is 0.475. The molecule has 0 saturated carbocycles. The summed E-state index contributed by atoms with van der Waals surface area (Å²) in [6, 6.07) is 0. The highest BCUT2D eigenvalue weighted by atomic mass is 16.5. The maximum Gasteiger partial charge on any atom is 0.0699 e. The molecule has 90 valence electrons. The highest BCUT2D eigenvalue weighted by Crippen LogP contribution is 2.11. The Morgan fingerprint density at radius 2 is 2.00 bits per heavy atom. The fraction of sp³-hybridized carbons (Fsp3) is 1.00. The van der Waals surface area contributed by atoms with E-state index >= 15 is 0 Å². The summed E-state index contributed by atoms with van der Waals surface area (Å²) in [6.07, 6.45) is 9.31. The summed E-state index contributed by atoms with van der Waals surface area (Å²) >= 11 is 0. The van der Waals surface area contributed by atoms with Crippen molar-refractivity contribution in [3.8, 4) is 0 Å². The van der Waals surface area contributed by atoms with Crippen LogP contribution in [0.15, 0.2) is 0 Å². The van der Waals surface area contributed by atoms with Crippen LogP contribution in [0, 0.1) is 0 Å². The van der Waals surface area contributed by atoms with Crippen LogP contribution in [-0.2, 0) is 4.74 Å². The van der Waals surface area contributed by atoms with E-state index in [1.165, 1.54) is 44.9 Å². The monoisotopic (exact) mass is 214 g/mol. The Morgan fingerprint density at radius 1 is 1.13 bits per heavy atom. The largest absolute Gasteiger partial charge is 0.377 e. The van der Waals surface area contributed by atoms with Gasteiger partial charge >= 0.3 is 0 Å². The summed E-state index contributed by atoms with van der Waals surface area (Å²) in [5.41, 5.74) is 5.43. The fourth-order valence-electron chi connectivity index (χ4n) is 1.98. The van der Waals surface area contributed by atoms with Gasteiger partial charge in [0.2, 0.25) is 0 Å². The lowest BCUT2D eigenvalue weighted by atomic mass is 10.1. The van der Waals surface area contributed by atoms with E-state index in [0.717, 1.165) is 26.2 Å². The average Bonchev–Trinajstić information content (AvgIpc) is 2.29. The van der Waals surface area contributed by atoms with E-state index in [1.807, 2.05) is 0 Å². The first-order chi connectivity index (χ1) is 7.43. The Kier molecular flexibility index (Phi) is 7.88. The molecule has 0 aliphatic carbocycles. The van der Waals surface area contributed by atoms with Gasteiger partial charge in [0, 0.05) is 13.2 Å². The van der Waals surface area contributed by atoms with Crippen LogP contribution >= 0.6 is 0 Å². The summed E-state index contributed by atoms with van der Waals surface area (Å²) in [6.45, 7) is 3.97. The summed E-state index contributed by atoms with van der Waals surface area (Å²) in [7, 11) is 0. The molecule has 15 heavy (non-hydrogen) atoms. The van der Waals surface area contributed by atoms with E-state index in [9.17, 15) is 0 Å². The van der Waals surface area contributed by atoms with E-state index < -0.39 is 0 Å². The molecule has 0 aromatic heterocycles. The van der Waals surface area contributed by atoms with Gasteiger partial charge in [0.25, 0.3) is 0 Å². The molecule has 0 spiro atoms. The van der Waals surface area contributed by atoms with Gasteiger partial charge in [0.15, 0.2) is 0 Å². The molecule has 1 aliphatic heterocycles. The smallest absolute Gasteiger partial charge is 0.0699 e. The molecule has 3 N–H and O–H groups in total. The van der Waals surface area contributed by atoms with Gasteiger partial charge in [-0.3, -0.25) is 0 Å². The van der Waals surface area contributed by atoms with Gasteiger partial charge in [0.05, 0.1) is 6.10 Å². The van der Waals surface area contributed by atoms with Crippen molar-refractivity contribution in [3.63, 3.8) is 0 Å². The minimum Gasteiger partial charge on any atom is -0.377 e. The number of hydrogen-bond acceptors (Lipinski definition) is 3. The van der Waals surface area contributed by atoms with E-state index in [-0.39, 0.29) is 0 Å². The first-order valence-electron chi connectivity index (χ1n) is 6.46. The molecule has 1 atom stereocenters. The third-order valence-electron chi connectivity index (χ3n) is 2.95. The van der Waals surface area contributed by atoms with Crippen LogP contribution in [0.1, 0.15) is 44.9 Å². The van der Waals surface area contributed by atoms with Crippen molar-refractivity contribution >= 4 is 0 Å². The molecule has 0 amide bonds. The van der Waals surface area contributed by atoms with Gasteiger partial charge in [0.1, 0.15) is 0 Å². The number of nitrogens with two attached hydrogens (primary N) is 1. The van der Waals surface area contributed by atoms with Crippen LogP contribution in [0.3, 0.4) is 0 Å². The molecule has 1 unspecified atom stereocenters. The maximum absolute atomic E-state index is 5.64. The molecule has 0 bridgehead atoms. The highest BCUT2D eigenvalue weighted by Gasteiger charge is 2.12. The molecule has 1 aliphatic rings. The van der Waals surface area contributed by atoms with Crippen molar-refractivity contribution < 1.29 is 4.74 Å². The molecule has 0 aromatic carbocycles. The lowest BCUT2D eigenvalue weighted by Gasteiger charge is -2.22. The molecule has 0 radical (unpaired) electrons. The predicted molar refractivity (Wildman–Crippen MR) is 64.0 cm³/mol. The molecule has 1 rings (SSSR count). The topological polar surface area (TPSA) is 47.3 Å². The van der Waals surface area contributed by atoms with E-state index in [4.69, 9.17) is 10.5 Å². The summed E-state index contributed by atoms with van der Waals surface area (Å²) in [4.78, 5) is 0. The van der Waals surface area contributed by atoms with Crippen LogP contribution in [0.2, 0.25) is 0 Å². The highest BCUT2D eigenvalue weighted by molar-refractivity contribution is 4.66. The molecule has 3 nitrogen and oxygen atoms in total. The number of hydrogen-bond donors (Lipinski definition) is 2. The van der Waals surface area contributed by atoms with E-state index in [2.05, 4.69) is 5.32 Å². The predicted octanol–water partition coefficient (Wildman–Crippen LogP) is 1.66. The quantitative estimate of drug-likeness (QED) is 0.604. The zero-order chi connectivity index (χ0) is 10.8. The van der Waals surface area contributed by atoms with Gasteiger partial charge in [-0.05, 0) is 45.2 Å². The Balaban J connectivity index is 1.79. The SMILES string of the molecule is NCCCCCCNCC1CCCCO1. The second-order valence-corrected chi connectivity index (χ2v) is 4.40. The van der Waals surface area contributed by atoms with Gasteiger partial charge < -0.3 is 15.8 Å². The van der Waals surface area contributed by atoms with E-state index in [1.54, 1.807) is 0 Å². The van der Waals surface area contributed by atoms with Crippen molar-refractivity contribution in [2.24, 2.45) is 5.73 Å². The summed E-state index contributed by atoms with van der Waals surface area (Å²) < 4.78 is 5.64. The summed E-state index contributed by atoms with van der Waals surface area (Å²) in [5, 5.41) is 3.48. The molecule has 1 saturated heterocycles. The van der Waals surface area contributed by atoms with Gasteiger partial charge in [-0.25, -0.2) is 0 Å². The van der Waals surface area contributed by atoms with Crippen molar-refractivity contribution in [2.45, 2.75) is 51.0 Å². The number of rotatable bonds is 8. The van der Waals surface area contributed by atoms with Crippen LogP contribution in [0.25, 0.3) is 0 Å². The van der Waals surface area contributed by atoms with Crippen LogP contribution in [0.5, 0.6) is 0 Å². The average molecular weight is 214 g/mol. The Hall–Kier alpha value is -0.120. The van der Waals surface area contributed by atoms with Crippen molar-refractivity contribution in [2.75, 3.05) is 26.2 Å². The molecule has 1 fully saturated rings. The van der Waals surface area contributed by atoms with Gasteiger partial charge in [-0.1, -0.05) is 12.8 Å². The van der Waals surface area contributed by atoms with Crippen LogP contribution in [0.4, 0.5) is 0 Å². The van der Waals surface area contributed by atoms with Crippen molar-refractivity contribution in [3.05, 3.63) is 0 Å². The van der Waals surface area contributed by atoms with Crippen LogP contribution < -0.4 is 11.1 Å². The lowest BCUT2D eigenvalue weighted by Crippen LogP contribution is -2.32. The second kappa shape index (κ2) is 9.13. The van der Waals surface area contributed by atoms with Crippen LogP contribution in [-0.4, -0.2) is 32.3 Å². The Bertz CT molecular complexity index is 136. The standard InChI is InChI=1S/C12H26N2O/c13-8-4-1-2-5-9-14-11-12-7-3-6-10-15-12/h12,14H,1-11,13H2. The third-order valence-corrected chi connectivity index (χ3v) is 2.95. The van der Waals surface area contributed by atoms with E-state index in [0.29, 0.717) is 6.10 Å². The molecule has 0 aromatic rings.